The molecule has 0 aliphatic heterocycles. The van der Waals surface area contributed by atoms with Gasteiger partial charge in [-0.1, -0.05) is 23.7 Å². The number of hydrogen-bond donors (Lipinski definition) is 1. The van der Waals surface area contributed by atoms with E-state index in [0.29, 0.717) is 16.8 Å². The lowest BCUT2D eigenvalue weighted by atomic mass is 10.2. The van der Waals surface area contributed by atoms with Crippen LogP contribution in [0.25, 0.3) is 4.91 Å². The summed E-state index contributed by atoms with van der Waals surface area (Å²) in [4.78, 5) is 10.7. The van der Waals surface area contributed by atoms with Crippen LogP contribution in [0.4, 0.5) is 0 Å². The Hall–Kier alpha value is -2.31. The smallest absolute Gasteiger partial charge is 0.329 e. The van der Waals surface area contributed by atoms with Gasteiger partial charge in [0.15, 0.2) is 0 Å². The van der Waals surface area contributed by atoms with Crippen LogP contribution in [0.1, 0.15) is 5.56 Å². The zero-order chi connectivity index (χ0) is 17.0. The maximum absolute atomic E-state index is 12.7. The normalized spacial score (nSPS) is 12.0. The van der Waals surface area contributed by atoms with E-state index in [-0.39, 0.29) is 15.4 Å². The molecule has 0 amide bonds. The molecule has 2 aromatic carbocycles. The fourth-order valence-electron chi connectivity index (χ4n) is 1.92. The quantitative estimate of drug-likeness (QED) is 0.835. The molecule has 2 aromatic rings. The number of halogens is 1. The average molecular weight is 353 g/mol. The number of ether oxygens (including phenoxy) is 1. The van der Waals surface area contributed by atoms with Crippen molar-refractivity contribution in [3.8, 4) is 5.75 Å². The summed E-state index contributed by atoms with van der Waals surface area (Å²) in [5.74, 6) is -0.855. The molecule has 5 nitrogen and oxygen atoms in total. The number of sulfone groups is 1. The summed E-state index contributed by atoms with van der Waals surface area (Å²) in [6.45, 7) is 0. The van der Waals surface area contributed by atoms with Gasteiger partial charge in [-0.3, -0.25) is 0 Å². The van der Waals surface area contributed by atoms with Crippen LogP contribution in [-0.2, 0) is 14.6 Å². The lowest BCUT2D eigenvalue weighted by Crippen LogP contribution is -2.06. The minimum atomic E-state index is -4.01. The Labute approximate surface area is 138 Å². The molecular weight excluding hydrogens is 340 g/mol. The van der Waals surface area contributed by atoms with Gasteiger partial charge in [-0.25, -0.2) is 13.2 Å². The van der Waals surface area contributed by atoms with Gasteiger partial charge < -0.3 is 9.84 Å². The number of carboxylic acids is 1. The number of carbonyl (C=O) groups is 1. The second kappa shape index (κ2) is 6.85. The predicted octanol–water partition coefficient (Wildman–Crippen LogP) is 3.25. The van der Waals surface area contributed by atoms with E-state index in [9.17, 15) is 13.2 Å². The molecular formula is C16H13ClO5S. The first-order chi connectivity index (χ1) is 10.8. The first-order valence-electron chi connectivity index (χ1n) is 6.44. The average Bonchev–Trinajstić information content (AvgIpc) is 2.53. The third kappa shape index (κ3) is 3.91. The van der Waals surface area contributed by atoms with Crippen LogP contribution in [-0.4, -0.2) is 26.6 Å². The molecule has 0 unspecified atom stereocenters. The van der Waals surface area contributed by atoms with Crippen molar-refractivity contribution in [3.63, 3.8) is 0 Å². The molecule has 2 rings (SSSR count). The van der Waals surface area contributed by atoms with E-state index in [1.165, 1.54) is 55.6 Å². The standard InChI is InChI=1S/C16H13ClO5S/c1-22-13-6-8-14(9-7-13)23(20,21)15(10-16(18)19)11-2-4-12(17)5-3-11/h2-10H,1H3,(H,18,19)/b15-10+. The number of methoxy groups -OCH3 is 1. The molecule has 0 atom stereocenters. The Balaban J connectivity index is 2.57. The van der Waals surface area contributed by atoms with Gasteiger partial charge >= 0.3 is 5.97 Å². The van der Waals surface area contributed by atoms with Gasteiger partial charge in [0.2, 0.25) is 9.84 Å². The highest BCUT2D eigenvalue weighted by atomic mass is 35.5. The molecule has 0 spiro atoms. The van der Waals surface area contributed by atoms with Gasteiger partial charge in [0.05, 0.1) is 16.9 Å². The summed E-state index contributed by atoms with van der Waals surface area (Å²) in [6.07, 6.45) is 0.669. The van der Waals surface area contributed by atoms with Crippen molar-refractivity contribution in [2.24, 2.45) is 0 Å². The molecule has 23 heavy (non-hydrogen) atoms. The summed E-state index contributed by atoms with van der Waals surface area (Å²) in [7, 11) is -2.54. The van der Waals surface area contributed by atoms with Gasteiger partial charge in [0.1, 0.15) is 5.75 Å². The first-order valence-corrected chi connectivity index (χ1v) is 8.30. The molecule has 0 radical (unpaired) electrons. The highest BCUT2D eigenvalue weighted by Gasteiger charge is 2.23. The van der Waals surface area contributed by atoms with Crippen LogP contribution in [0.3, 0.4) is 0 Å². The topological polar surface area (TPSA) is 80.7 Å². The summed E-state index contributed by atoms with van der Waals surface area (Å²) in [5.41, 5.74) is 0.243. The van der Waals surface area contributed by atoms with Crippen LogP contribution in [0.2, 0.25) is 5.02 Å². The number of aliphatic carboxylic acids is 1. The Morgan fingerprint density at radius 1 is 1.09 bits per heavy atom. The molecule has 7 heteroatoms. The highest BCUT2D eigenvalue weighted by Crippen LogP contribution is 2.29. The maximum atomic E-state index is 12.7. The predicted molar refractivity (Wildman–Crippen MR) is 87.2 cm³/mol. The molecule has 0 aliphatic carbocycles. The van der Waals surface area contributed by atoms with Crippen molar-refractivity contribution in [1.29, 1.82) is 0 Å². The summed E-state index contributed by atoms with van der Waals surface area (Å²) in [5, 5.41) is 9.43. The second-order valence-electron chi connectivity index (χ2n) is 4.53. The molecule has 1 N–H and O–H groups in total. The third-order valence-electron chi connectivity index (χ3n) is 3.04. The number of carboxylic acid groups (broad SMARTS) is 1. The van der Waals surface area contributed by atoms with E-state index in [1.54, 1.807) is 0 Å². The van der Waals surface area contributed by atoms with Crippen LogP contribution in [0, 0.1) is 0 Å². The van der Waals surface area contributed by atoms with Gasteiger partial charge in [-0.2, -0.15) is 0 Å². The Bertz CT molecular complexity index is 837. The number of hydrogen-bond acceptors (Lipinski definition) is 4. The van der Waals surface area contributed by atoms with E-state index >= 15 is 0 Å². The number of rotatable bonds is 5. The fourth-order valence-corrected chi connectivity index (χ4v) is 3.50. The lowest BCUT2D eigenvalue weighted by molar-refractivity contribution is -0.131. The zero-order valence-electron chi connectivity index (χ0n) is 12.1. The molecule has 0 aromatic heterocycles. The molecule has 0 aliphatic rings. The van der Waals surface area contributed by atoms with Crippen LogP contribution in [0.15, 0.2) is 59.5 Å². The van der Waals surface area contributed by atoms with Crippen molar-refractivity contribution in [3.05, 3.63) is 65.2 Å². The third-order valence-corrected chi connectivity index (χ3v) is 5.12. The zero-order valence-corrected chi connectivity index (χ0v) is 13.6. The Kier molecular flexibility index (Phi) is 5.08. The van der Waals surface area contributed by atoms with Crippen molar-refractivity contribution < 1.29 is 23.1 Å². The monoisotopic (exact) mass is 352 g/mol. The molecule has 0 saturated heterocycles. The SMILES string of the molecule is COc1ccc(S(=O)(=O)/C(=C/C(=O)O)c2ccc(Cl)cc2)cc1. The van der Waals surface area contributed by atoms with Crippen LogP contribution < -0.4 is 4.74 Å². The molecule has 0 bridgehead atoms. The first kappa shape index (κ1) is 17.1. The van der Waals surface area contributed by atoms with Gasteiger partial charge in [0, 0.05) is 11.1 Å². The van der Waals surface area contributed by atoms with Gasteiger partial charge in [-0.15, -0.1) is 0 Å². The molecule has 0 saturated carbocycles. The van der Waals surface area contributed by atoms with E-state index in [1.807, 2.05) is 0 Å². The Morgan fingerprint density at radius 2 is 1.65 bits per heavy atom. The molecule has 120 valence electrons. The van der Waals surface area contributed by atoms with E-state index in [0.717, 1.165) is 0 Å². The largest absolute Gasteiger partial charge is 0.497 e. The highest BCUT2D eigenvalue weighted by molar-refractivity contribution is 8.00. The van der Waals surface area contributed by atoms with Crippen molar-refractivity contribution in [1.82, 2.24) is 0 Å². The summed E-state index contributed by atoms with van der Waals surface area (Å²) in [6, 6.07) is 11.6. The summed E-state index contributed by atoms with van der Waals surface area (Å²) < 4.78 is 30.5. The van der Waals surface area contributed by atoms with E-state index in [4.69, 9.17) is 21.4 Å². The Morgan fingerprint density at radius 3 is 2.13 bits per heavy atom. The van der Waals surface area contributed by atoms with Crippen LogP contribution >= 0.6 is 11.6 Å². The summed E-state index contributed by atoms with van der Waals surface area (Å²) >= 11 is 5.79. The second-order valence-corrected chi connectivity index (χ2v) is 6.89. The van der Waals surface area contributed by atoms with Crippen LogP contribution in [0.5, 0.6) is 5.75 Å². The van der Waals surface area contributed by atoms with Crippen molar-refractivity contribution >= 4 is 32.3 Å². The van der Waals surface area contributed by atoms with Gasteiger partial charge in [0.25, 0.3) is 0 Å². The molecule has 0 fully saturated rings. The maximum Gasteiger partial charge on any atom is 0.329 e. The minimum absolute atomic E-state index is 0.0271. The van der Waals surface area contributed by atoms with Crippen molar-refractivity contribution in [2.45, 2.75) is 4.90 Å². The lowest BCUT2D eigenvalue weighted by Gasteiger charge is -2.10. The van der Waals surface area contributed by atoms with E-state index in [2.05, 4.69) is 0 Å². The van der Waals surface area contributed by atoms with Crippen molar-refractivity contribution in [2.75, 3.05) is 7.11 Å². The molecule has 0 heterocycles. The fraction of sp³-hybridized carbons (Fsp3) is 0.0625. The number of benzene rings is 2. The van der Waals surface area contributed by atoms with E-state index < -0.39 is 15.8 Å². The van der Waals surface area contributed by atoms with Gasteiger partial charge in [-0.05, 0) is 42.0 Å². The minimum Gasteiger partial charge on any atom is -0.497 e.